The number of ether oxygens (including phenoxy) is 1. The Balaban J connectivity index is 1.19. The lowest BCUT2D eigenvalue weighted by atomic mass is 9.45. The highest BCUT2D eigenvalue weighted by atomic mass is 16.5. The molecule has 1 aromatic heterocycles. The lowest BCUT2D eigenvalue weighted by Crippen LogP contribution is -2.63. The van der Waals surface area contributed by atoms with E-state index < -0.39 is 64.0 Å². The van der Waals surface area contributed by atoms with Crippen molar-refractivity contribution in [3.05, 3.63) is 47.3 Å². The second-order valence-corrected chi connectivity index (χ2v) is 22.7. The van der Waals surface area contributed by atoms with Gasteiger partial charge in [0.05, 0.1) is 42.0 Å². The number of cyclic esters (lactones) is 1. The minimum Gasteiger partial charge on any atom is -0.465 e. The van der Waals surface area contributed by atoms with Crippen molar-refractivity contribution in [3.8, 4) is 11.8 Å². The van der Waals surface area contributed by atoms with E-state index in [-0.39, 0.29) is 85.7 Å². The summed E-state index contributed by atoms with van der Waals surface area (Å²) in [5, 5.41) is 71.5. The van der Waals surface area contributed by atoms with Gasteiger partial charge in [0.1, 0.15) is 0 Å². The van der Waals surface area contributed by atoms with Crippen molar-refractivity contribution in [1.82, 2.24) is 4.98 Å². The summed E-state index contributed by atoms with van der Waals surface area (Å²) in [6, 6.07) is 1.96. The molecule has 10 heteroatoms. The molecule has 9 rings (SSSR count). The van der Waals surface area contributed by atoms with Crippen molar-refractivity contribution >= 4 is 11.8 Å². The van der Waals surface area contributed by atoms with Gasteiger partial charge < -0.3 is 40.4 Å². The molecule has 20 atom stereocenters. The number of carbonyl (C=O) groups excluding carboxylic acids is 2. The van der Waals surface area contributed by atoms with Gasteiger partial charge >= 0.3 is 5.97 Å². The Hall–Kier alpha value is -2.78. The fourth-order valence-corrected chi connectivity index (χ4v) is 16.0. The van der Waals surface area contributed by atoms with Crippen LogP contribution in [0.15, 0.2) is 41.8 Å². The maximum absolute atomic E-state index is 14.2. The van der Waals surface area contributed by atoms with Gasteiger partial charge in [0.25, 0.3) is 0 Å². The largest absolute Gasteiger partial charge is 0.465 e. The molecule has 8 aliphatic rings. The number of ketones is 1. The van der Waals surface area contributed by atoms with E-state index in [9.17, 15) is 40.2 Å². The van der Waals surface area contributed by atoms with Gasteiger partial charge in [-0.3, -0.25) is 9.59 Å². The van der Waals surface area contributed by atoms with Gasteiger partial charge in [-0.1, -0.05) is 51.2 Å². The molecule has 0 spiro atoms. The molecule has 2 heterocycles. The van der Waals surface area contributed by atoms with Crippen LogP contribution < -0.4 is 0 Å². The molecule has 5 fully saturated rings. The van der Waals surface area contributed by atoms with Crippen LogP contribution in [0.4, 0.5) is 0 Å². The topological polar surface area (TPSA) is 181 Å². The Bertz CT molecular complexity index is 2000. The molecule has 0 radical (unpaired) electrons. The Morgan fingerprint density at radius 1 is 0.903 bits per heavy atom. The summed E-state index contributed by atoms with van der Waals surface area (Å²) in [6.07, 6.45) is 13.0. The number of aliphatic hydroxyl groups is 6. The van der Waals surface area contributed by atoms with E-state index in [1.807, 2.05) is 32.3 Å². The number of rotatable bonds is 5. The summed E-state index contributed by atoms with van der Waals surface area (Å²) in [6.45, 7) is 10.7. The van der Waals surface area contributed by atoms with E-state index in [1.165, 1.54) is 12.0 Å². The number of allylic oxidation sites excluding steroid dienone is 3. The van der Waals surface area contributed by atoms with Crippen LogP contribution >= 0.6 is 0 Å². The average molecular weight is 856 g/mol. The molecule has 62 heavy (non-hydrogen) atoms. The van der Waals surface area contributed by atoms with E-state index in [2.05, 4.69) is 36.7 Å². The predicted octanol–water partition coefficient (Wildman–Crippen LogP) is 6.25. The van der Waals surface area contributed by atoms with Crippen molar-refractivity contribution < 1.29 is 45.0 Å². The van der Waals surface area contributed by atoms with Crippen LogP contribution in [-0.4, -0.2) is 90.1 Å². The summed E-state index contributed by atoms with van der Waals surface area (Å²) in [4.78, 5) is 31.0. The van der Waals surface area contributed by atoms with Crippen molar-refractivity contribution in [3.63, 3.8) is 0 Å². The monoisotopic (exact) mass is 856 g/mol. The van der Waals surface area contributed by atoms with E-state index >= 15 is 0 Å². The second kappa shape index (κ2) is 16.3. The molecule has 7 aliphatic carbocycles. The van der Waals surface area contributed by atoms with Crippen LogP contribution in [0, 0.1) is 93.7 Å². The van der Waals surface area contributed by atoms with Gasteiger partial charge in [0.15, 0.2) is 5.78 Å². The van der Waals surface area contributed by atoms with Gasteiger partial charge in [0, 0.05) is 54.0 Å². The maximum Gasteiger partial charge on any atom is 0.313 e. The fourth-order valence-electron chi connectivity index (χ4n) is 16.0. The molecule has 4 saturated carbocycles. The molecule has 10 nitrogen and oxygen atoms in total. The summed E-state index contributed by atoms with van der Waals surface area (Å²) >= 11 is 0. The standard InChI is InChI=1S/C52H73NO9/c1-28-8-9-31-12-13-34-29(2)20-45(58)51(5,60)47-37(24-52(61)40-22-42(55)41-23-43(56)44(57)25-49(41,3)39(40)14-16-50(47,52)4)30(7-6-18-54)10-11-32(21-36(34)35(31)19-28)38-27-62-48(59)46(38)33-15-17-53-26-33/h12,15,17,22,26,28-30,32,34-39,41,43-47,53-54,56-58,60-61H,6-9,13-14,16,18-21,23-25,27H2,1-5H3/t28-,29+,30+,32+,34-,35+,36+,37-,38+,39-,41-,43+,44-,45+,46+,47-,49+,50+,51-,52+/m0/s1. The fraction of sp³-hybridized carbons (Fsp3) is 0.769. The Labute approximate surface area is 368 Å². The van der Waals surface area contributed by atoms with Gasteiger partial charge in [0.2, 0.25) is 0 Å². The second-order valence-electron chi connectivity index (χ2n) is 22.7. The number of hydrogen-bond donors (Lipinski definition) is 7. The highest BCUT2D eigenvalue weighted by molar-refractivity contribution is 5.95. The quantitative estimate of drug-likeness (QED) is 0.102. The number of carbonyl (C=O) groups is 2. The highest BCUT2D eigenvalue weighted by Crippen LogP contribution is 2.71. The number of fused-ring (bicyclic) bond motifs is 10. The number of hydrogen-bond acceptors (Lipinski definition) is 9. The Kier molecular flexibility index (Phi) is 11.7. The smallest absolute Gasteiger partial charge is 0.313 e. The molecule has 1 aromatic rings. The highest BCUT2D eigenvalue weighted by Gasteiger charge is 2.72. The zero-order valence-corrected chi connectivity index (χ0v) is 37.6. The number of H-pyrrole nitrogens is 1. The number of nitrogens with one attached hydrogen (secondary N) is 1. The molecule has 7 N–H and O–H groups in total. The molecule has 0 amide bonds. The van der Waals surface area contributed by atoms with E-state index in [1.54, 1.807) is 13.0 Å². The summed E-state index contributed by atoms with van der Waals surface area (Å²) in [5.74, 6) is 5.82. The Morgan fingerprint density at radius 3 is 2.44 bits per heavy atom. The van der Waals surface area contributed by atoms with Gasteiger partial charge in [-0.05, 0) is 161 Å². The average Bonchev–Trinajstić information content (AvgIpc) is 3.95. The van der Waals surface area contributed by atoms with Crippen LogP contribution in [0.3, 0.4) is 0 Å². The van der Waals surface area contributed by atoms with Gasteiger partial charge in [-0.15, -0.1) is 0 Å². The van der Waals surface area contributed by atoms with E-state index in [0.29, 0.717) is 49.5 Å². The first kappa shape index (κ1) is 44.4. The summed E-state index contributed by atoms with van der Waals surface area (Å²) in [5.41, 5.74) is -1.72. The molecule has 340 valence electrons. The van der Waals surface area contributed by atoms with Crippen molar-refractivity contribution in [2.75, 3.05) is 13.2 Å². The van der Waals surface area contributed by atoms with E-state index in [4.69, 9.17) is 4.74 Å². The zero-order chi connectivity index (χ0) is 44.1. The predicted molar refractivity (Wildman–Crippen MR) is 234 cm³/mol. The van der Waals surface area contributed by atoms with Crippen LogP contribution in [0.1, 0.15) is 130 Å². The third-order valence-electron chi connectivity index (χ3n) is 19.4. The first-order chi connectivity index (χ1) is 29.4. The first-order valence-corrected chi connectivity index (χ1v) is 24.3. The number of aromatic nitrogens is 1. The third-order valence-corrected chi connectivity index (χ3v) is 19.4. The van der Waals surface area contributed by atoms with Crippen LogP contribution in [0.25, 0.3) is 0 Å². The lowest BCUT2D eigenvalue weighted by Gasteiger charge is -2.60. The van der Waals surface area contributed by atoms with Gasteiger partial charge in [-0.2, -0.15) is 0 Å². The number of esters is 1. The number of aromatic amines is 1. The minimum absolute atomic E-state index is 0.0453. The molecular formula is C52H73NO9. The molecule has 1 aliphatic heterocycles. The van der Waals surface area contributed by atoms with Crippen LogP contribution in [-0.2, 0) is 14.3 Å². The summed E-state index contributed by atoms with van der Waals surface area (Å²) in [7, 11) is 0. The van der Waals surface area contributed by atoms with E-state index in [0.717, 1.165) is 31.2 Å². The van der Waals surface area contributed by atoms with Crippen molar-refractivity contribution in [1.29, 1.82) is 0 Å². The third kappa shape index (κ3) is 6.96. The van der Waals surface area contributed by atoms with Crippen LogP contribution in [0.2, 0.25) is 0 Å². The summed E-state index contributed by atoms with van der Waals surface area (Å²) < 4.78 is 5.91. The lowest BCUT2D eigenvalue weighted by molar-refractivity contribution is -0.183. The molecule has 0 unspecified atom stereocenters. The van der Waals surface area contributed by atoms with Crippen LogP contribution in [0.5, 0.6) is 0 Å². The molecule has 0 bridgehead atoms. The molecular weight excluding hydrogens is 783 g/mol. The maximum atomic E-state index is 14.2. The first-order valence-electron chi connectivity index (χ1n) is 24.3. The normalized spacial score (nSPS) is 50.2. The van der Waals surface area contributed by atoms with Crippen molar-refractivity contribution in [2.45, 2.75) is 154 Å². The number of aliphatic hydroxyl groups excluding tert-OH is 4. The van der Waals surface area contributed by atoms with Crippen molar-refractivity contribution in [2.24, 2.45) is 81.8 Å². The molecule has 0 aromatic carbocycles. The Morgan fingerprint density at radius 2 is 1.69 bits per heavy atom. The SMILES string of the molecule is C[C@H]1CCC2=CC[C@@H]3[C@@H](C[C@H]([C@H]4COC(=O)[C@@H]4c4cc[nH]c4)C#C[C@@H](CCCO)[C@@H]4C[C@@]5(O)C6=CC(=O)[C@@H]7C[C@@H](O)[C@@H](O)C[C@]7(C)[C@H]6CC[C@]5(C)[C@H]4[C@@](C)(O)[C@H](O)C[C@H]3C)[C@@H]2C1. The van der Waals surface area contributed by atoms with Gasteiger partial charge in [-0.25, -0.2) is 0 Å². The zero-order valence-electron chi connectivity index (χ0n) is 37.6. The minimum atomic E-state index is -1.65. The molecule has 1 saturated heterocycles.